The Morgan fingerprint density at radius 3 is 1.23 bits per heavy atom. The Labute approximate surface area is 447 Å². The van der Waals surface area contributed by atoms with E-state index in [2.05, 4.69) is 278 Å². The van der Waals surface area contributed by atoms with Crippen LogP contribution in [0.3, 0.4) is 0 Å². The van der Waals surface area contributed by atoms with E-state index in [9.17, 15) is 0 Å². The van der Waals surface area contributed by atoms with Crippen LogP contribution in [0.15, 0.2) is 273 Å². The zero-order valence-corrected chi connectivity index (χ0v) is 41.7. The molecule has 0 saturated carbocycles. The van der Waals surface area contributed by atoms with E-state index in [1.165, 1.54) is 94.6 Å². The molecule has 0 unspecified atom stereocenters. The Balaban J connectivity index is 0.854. The molecule has 0 radical (unpaired) electrons. The fourth-order valence-electron chi connectivity index (χ4n) is 14.3. The largest absolute Gasteiger partial charge is 0.449 e. The van der Waals surface area contributed by atoms with Crippen molar-refractivity contribution in [3.63, 3.8) is 0 Å². The SMILES string of the molecule is c1ccc(-c2ccc(N(c3ccc4c(c3)Oc3c(ccc5c3-c3ccccc3C53c5ccccc5-c5ccccc53)O4)c3ccc4c(c3)C3(c5ccccc5-c5ccccc53)c3cc(-c5ccccc5)ccc3-4)cc2)cc1. The minimum atomic E-state index is -0.563. The summed E-state index contributed by atoms with van der Waals surface area (Å²) < 4.78 is 14.3. The second-order valence-electron chi connectivity index (χ2n) is 21.0. The summed E-state index contributed by atoms with van der Waals surface area (Å²) in [4.78, 5) is 2.39. The molecule has 4 aliphatic carbocycles. The van der Waals surface area contributed by atoms with Gasteiger partial charge < -0.3 is 14.4 Å². The van der Waals surface area contributed by atoms with Gasteiger partial charge >= 0.3 is 0 Å². The average molecular weight is 980 g/mol. The maximum Gasteiger partial charge on any atom is 0.178 e. The Hall–Kier alpha value is -9.96. The minimum Gasteiger partial charge on any atom is -0.449 e. The van der Waals surface area contributed by atoms with Gasteiger partial charge in [-0.2, -0.15) is 0 Å². The molecule has 0 fully saturated rings. The number of benzene rings is 12. The molecular formula is C74H45NO2. The van der Waals surface area contributed by atoms with Crippen LogP contribution in [0.1, 0.15) is 44.5 Å². The summed E-state index contributed by atoms with van der Waals surface area (Å²) in [5, 5.41) is 0. The van der Waals surface area contributed by atoms with Crippen molar-refractivity contribution in [3.8, 4) is 89.8 Å². The Morgan fingerprint density at radius 2 is 0.636 bits per heavy atom. The lowest BCUT2D eigenvalue weighted by Gasteiger charge is -2.33. The highest BCUT2D eigenvalue weighted by atomic mass is 16.6. The molecule has 12 aromatic carbocycles. The van der Waals surface area contributed by atoms with E-state index in [0.717, 1.165) is 39.5 Å². The highest BCUT2D eigenvalue weighted by Crippen LogP contribution is 2.67. The maximum absolute atomic E-state index is 7.36. The van der Waals surface area contributed by atoms with Crippen LogP contribution in [0, 0.1) is 0 Å². The lowest BCUT2D eigenvalue weighted by molar-refractivity contribution is 0.360. The second kappa shape index (κ2) is 15.8. The first-order valence-electron chi connectivity index (χ1n) is 26.6. The van der Waals surface area contributed by atoms with Gasteiger partial charge in [0.1, 0.15) is 0 Å². The molecule has 5 aliphatic rings. The van der Waals surface area contributed by atoms with Gasteiger partial charge in [0.2, 0.25) is 0 Å². The van der Waals surface area contributed by atoms with Gasteiger partial charge in [-0.25, -0.2) is 0 Å². The smallest absolute Gasteiger partial charge is 0.178 e. The molecule has 77 heavy (non-hydrogen) atoms. The Kier molecular flexibility index (Phi) is 8.69. The molecule has 3 nitrogen and oxygen atoms in total. The Morgan fingerprint density at radius 1 is 0.234 bits per heavy atom. The number of hydrogen-bond acceptors (Lipinski definition) is 3. The normalized spacial score (nSPS) is 14.1. The van der Waals surface area contributed by atoms with Crippen LogP contribution in [-0.4, -0.2) is 0 Å². The summed E-state index contributed by atoms with van der Waals surface area (Å²) in [5.74, 6) is 2.79. The fourth-order valence-corrected chi connectivity index (χ4v) is 14.3. The maximum atomic E-state index is 7.36. The number of nitrogens with zero attached hydrogens (tertiary/aromatic N) is 1. The summed E-state index contributed by atoms with van der Waals surface area (Å²) in [6, 6.07) is 100. The molecule has 0 N–H and O–H groups in total. The van der Waals surface area contributed by atoms with Gasteiger partial charge in [-0.15, -0.1) is 0 Å². The van der Waals surface area contributed by atoms with Crippen molar-refractivity contribution >= 4 is 17.1 Å². The van der Waals surface area contributed by atoms with Crippen LogP contribution in [0.4, 0.5) is 17.1 Å². The first kappa shape index (κ1) is 42.4. The third-order valence-corrected chi connectivity index (χ3v) is 17.4. The predicted molar refractivity (Wildman–Crippen MR) is 311 cm³/mol. The van der Waals surface area contributed by atoms with Crippen molar-refractivity contribution in [1.29, 1.82) is 0 Å². The lowest BCUT2D eigenvalue weighted by atomic mass is 9.70. The third-order valence-electron chi connectivity index (χ3n) is 17.4. The summed E-state index contributed by atoms with van der Waals surface area (Å²) in [7, 11) is 0. The summed E-state index contributed by atoms with van der Waals surface area (Å²) in [5.41, 5.74) is 26.8. The summed E-state index contributed by atoms with van der Waals surface area (Å²) in [6.07, 6.45) is 0. The van der Waals surface area contributed by atoms with Crippen LogP contribution >= 0.6 is 0 Å². The van der Waals surface area contributed by atoms with Gasteiger partial charge in [-0.05, 0) is 154 Å². The van der Waals surface area contributed by atoms with E-state index in [-0.39, 0.29) is 0 Å². The molecular weight excluding hydrogens is 935 g/mol. The number of rotatable bonds is 5. The zero-order chi connectivity index (χ0) is 50.4. The monoisotopic (exact) mass is 979 g/mol. The molecule has 358 valence electrons. The highest BCUT2D eigenvalue weighted by molar-refractivity contribution is 6.00. The van der Waals surface area contributed by atoms with E-state index < -0.39 is 10.8 Å². The van der Waals surface area contributed by atoms with E-state index in [1.54, 1.807) is 0 Å². The average Bonchev–Trinajstić information content (AvgIpc) is 3.69. The number of anilines is 3. The summed E-state index contributed by atoms with van der Waals surface area (Å²) in [6.45, 7) is 0. The van der Waals surface area contributed by atoms with E-state index in [1.807, 2.05) is 0 Å². The van der Waals surface area contributed by atoms with Gasteiger partial charge in [-0.3, -0.25) is 0 Å². The van der Waals surface area contributed by atoms with Crippen molar-refractivity contribution in [3.05, 3.63) is 317 Å². The van der Waals surface area contributed by atoms with Crippen molar-refractivity contribution in [1.82, 2.24) is 0 Å². The van der Waals surface area contributed by atoms with Crippen LogP contribution in [0.2, 0.25) is 0 Å². The third kappa shape index (κ3) is 5.64. The lowest BCUT2D eigenvalue weighted by Crippen LogP contribution is -2.26. The van der Waals surface area contributed by atoms with Gasteiger partial charge in [0.25, 0.3) is 0 Å². The first-order valence-corrected chi connectivity index (χ1v) is 26.6. The molecule has 0 atom stereocenters. The van der Waals surface area contributed by atoms with Gasteiger partial charge in [0.15, 0.2) is 23.0 Å². The van der Waals surface area contributed by atoms with Gasteiger partial charge in [0.05, 0.1) is 16.5 Å². The number of ether oxygens (including phenoxy) is 2. The molecule has 0 bridgehead atoms. The predicted octanol–water partition coefficient (Wildman–Crippen LogP) is 19.1. The number of hydrogen-bond donors (Lipinski definition) is 0. The highest BCUT2D eigenvalue weighted by Gasteiger charge is 2.54. The molecule has 12 aromatic rings. The van der Waals surface area contributed by atoms with Crippen molar-refractivity contribution in [2.45, 2.75) is 10.8 Å². The molecule has 1 aliphatic heterocycles. The molecule has 1 heterocycles. The molecule has 2 spiro atoms. The van der Waals surface area contributed by atoms with Gasteiger partial charge in [-0.1, -0.05) is 218 Å². The number of fused-ring (bicyclic) bond motifs is 23. The van der Waals surface area contributed by atoms with Crippen molar-refractivity contribution < 1.29 is 9.47 Å². The van der Waals surface area contributed by atoms with E-state index in [0.29, 0.717) is 17.2 Å². The molecule has 0 saturated heterocycles. The molecule has 0 amide bonds. The minimum absolute atomic E-state index is 0.504. The van der Waals surface area contributed by atoms with Crippen LogP contribution < -0.4 is 14.4 Å². The van der Waals surface area contributed by atoms with Gasteiger partial charge in [0, 0.05) is 23.0 Å². The van der Waals surface area contributed by atoms with Crippen LogP contribution in [0.5, 0.6) is 23.0 Å². The zero-order valence-electron chi connectivity index (χ0n) is 41.7. The standard InChI is InChI=1S/C74H45NO2/c1-3-17-46(18-4-1)48-31-34-50(35-32-48)75(51-36-39-58-57-38-33-49(47-19-5-2-6-20-47)43-66(57)74(67(58)44-51)62-28-14-9-23-55(62)56-24-10-15-29-63(56)74)52-37-41-68-70(45-52)77-72-69(76-68)42-40-65-71(72)59-25-11-16-30-64(59)73(65)60-26-12-7-21-53(60)54-22-8-13-27-61(54)73/h1-45H. The van der Waals surface area contributed by atoms with Crippen molar-refractivity contribution in [2.24, 2.45) is 0 Å². The molecule has 17 rings (SSSR count). The fraction of sp³-hybridized carbons (Fsp3) is 0.0270. The quantitative estimate of drug-likeness (QED) is 0.172. The molecule has 3 heteroatoms. The van der Waals surface area contributed by atoms with Crippen molar-refractivity contribution in [2.75, 3.05) is 4.90 Å². The second-order valence-corrected chi connectivity index (χ2v) is 21.0. The topological polar surface area (TPSA) is 21.7 Å². The summed E-state index contributed by atoms with van der Waals surface area (Å²) >= 11 is 0. The first-order chi connectivity index (χ1) is 38.2. The van der Waals surface area contributed by atoms with E-state index >= 15 is 0 Å². The molecule has 0 aromatic heterocycles. The van der Waals surface area contributed by atoms with Crippen LogP contribution in [-0.2, 0) is 10.8 Å². The van der Waals surface area contributed by atoms with E-state index in [4.69, 9.17) is 9.47 Å². The Bertz CT molecular complexity index is 4370. The van der Waals surface area contributed by atoms with Crippen LogP contribution in [0.25, 0.3) is 66.8 Å².